The molecule has 24 heavy (non-hydrogen) atoms. The van der Waals surface area contributed by atoms with Gasteiger partial charge < -0.3 is 19.1 Å². The van der Waals surface area contributed by atoms with Crippen molar-refractivity contribution in [2.45, 2.75) is 6.54 Å². The summed E-state index contributed by atoms with van der Waals surface area (Å²) in [5.41, 5.74) is 1.61. The molecule has 0 bridgehead atoms. The van der Waals surface area contributed by atoms with Crippen LogP contribution in [-0.2, 0) is 11.3 Å². The summed E-state index contributed by atoms with van der Waals surface area (Å²) < 4.78 is 15.7. The molecule has 0 aliphatic heterocycles. The molecule has 0 aromatic heterocycles. The molecule has 0 saturated heterocycles. The van der Waals surface area contributed by atoms with Gasteiger partial charge in [-0.1, -0.05) is 12.1 Å². The summed E-state index contributed by atoms with van der Waals surface area (Å²) in [6.07, 6.45) is 0. The molecule has 128 valence electrons. The van der Waals surface area contributed by atoms with E-state index < -0.39 is 0 Å². The van der Waals surface area contributed by atoms with Gasteiger partial charge in [-0.15, -0.1) is 11.6 Å². The highest BCUT2D eigenvalue weighted by Crippen LogP contribution is 2.30. The van der Waals surface area contributed by atoms with E-state index in [1.807, 2.05) is 24.3 Å². The second-order valence-electron chi connectivity index (χ2n) is 5.03. The molecule has 2 aromatic carbocycles. The lowest BCUT2D eigenvalue weighted by Crippen LogP contribution is -2.31. The Balaban J connectivity index is 2.35. The molecule has 0 fully saturated rings. The number of anilines is 1. The standard InChI is InChI=1S/C18H20ClNO4/c1-22-15-6-4-13(5-7-15)12-20(18(21)11-19)14-8-16(23-2)10-17(9-14)24-3/h4-10H,11-12H2,1-3H3. The number of rotatable bonds is 7. The molecule has 0 unspecified atom stereocenters. The Morgan fingerprint density at radius 3 is 1.92 bits per heavy atom. The average molecular weight is 350 g/mol. The van der Waals surface area contributed by atoms with Crippen LogP contribution in [0, 0.1) is 0 Å². The third-order valence-corrected chi connectivity index (χ3v) is 3.79. The van der Waals surface area contributed by atoms with Crippen molar-refractivity contribution in [1.29, 1.82) is 0 Å². The molecule has 2 aromatic rings. The van der Waals surface area contributed by atoms with E-state index in [-0.39, 0.29) is 11.8 Å². The van der Waals surface area contributed by atoms with Gasteiger partial charge in [0.2, 0.25) is 5.91 Å². The molecule has 0 saturated carbocycles. The van der Waals surface area contributed by atoms with E-state index in [4.69, 9.17) is 25.8 Å². The zero-order chi connectivity index (χ0) is 17.5. The molecular formula is C18H20ClNO4. The third-order valence-electron chi connectivity index (χ3n) is 3.56. The molecule has 0 radical (unpaired) electrons. The molecule has 0 aliphatic rings. The monoisotopic (exact) mass is 349 g/mol. The normalized spacial score (nSPS) is 10.2. The van der Waals surface area contributed by atoms with E-state index >= 15 is 0 Å². The number of hydrogen-bond donors (Lipinski definition) is 0. The minimum absolute atomic E-state index is 0.115. The van der Waals surface area contributed by atoms with E-state index in [0.717, 1.165) is 11.3 Å². The first-order valence-corrected chi connectivity index (χ1v) is 7.87. The lowest BCUT2D eigenvalue weighted by atomic mass is 10.1. The van der Waals surface area contributed by atoms with Crippen LogP contribution < -0.4 is 19.1 Å². The van der Waals surface area contributed by atoms with E-state index in [0.29, 0.717) is 23.7 Å². The van der Waals surface area contributed by atoms with Gasteiger partial charge in [-0.3, -0.25) is 4.79 Å². The number of carbonyl (C=O) groups is 1. The van der Waals surface area contributed by atoms with Gasteiger partial charge in [0, 0.05) is 18.2 Å². The van der Waals surface area contributed by atoms with Crippen molar-refractivity contribution >= 4 is 23.2 Å². The maximum absolute atomic E-state index is 12.3. The van der Waals surface area contributed by atoms with Crippen molar-refractivity contribution in [2.75, 3.05) is 32.1 Å². The highest BCUT2D eigenvalue weighted by molar-refractivity contribution is 6.29. The van der Waals surface area contributed by atoms with Gasteiger partial charge in [0.1, 0.15) is 23.1 Å². The van der Waals surface area contributed by atoms with Crippen LogP contribution in [0.1, 0.15) is 5.56 Å². The Labute approximate surface area is 146 Å². The van der Waals surface area contributed by atoms with Crippen LogP contribution in [0.2, 0.25) is 0 Å². The second kappa shape index (κ2) is 8.45. The highest BCUT2D eigenvalue weighted by Gasteiger charge is 2.17. The Hall–Kier alpha value is -2.40. The zero-order valence-corrected chi connectivity index (χ0v) is 14.7. The topological polar surface area (TPSA) is 48.0 Å². The summed E-state index contributed by atoms with van der Waals surface area (Å²) in [6.45, 7) is 0.381. The van der Waals surface area contributed by atoms with Gasteiger partial charge in [0.05, 0.1) is 33.6 Å². The fraction of sp³-hybridized carbons (Fsp3) is 0.278. The average Bonchev–Trinajstić information content (AvgIpc) is 2.65. The molecule has 0 atom stereocenters. The van der Waals surface area contributed by atoms with Gasteiger partial charge in [-0.2, -0.15) is 0 Å². The minimum atomic E-state index is -0.206. The van der Waals surface area contributed by atoms with Crippen molar-refractivity contribution in [3.63, 3.8) is 0 Å². The number of nitrogens with zero attached hydrogens (tertiary/aromatic N) is 1. The first-order valence-electron chi connectivity index (χ1n) is 7.33. The van der Waals surface area contributed by atoms with E-state index in [2.05, 4.69) is 0 Å². The molecule has 0 N–H and O–H groups in total. The zero-order valence-electron chi connectivity index (χ0n) is 13.9. The van der Waals surface area contributed by atoms with Gasteiger partial charge in [0.15, 0.2) is 0 Å². The van der Waals surface area contributed by atoms with Crippen molar-refractivity contribution in [2.24, 2.45) is 0 Å². The third kappa shape index (κ3) is 4.32. The van der Waals surface area contributed by atoms with Crippen molar-refractivity contribution in [1.82, 2.24) is 0 Å². The molecule has 0 aliphatic carbocycles. The van der Waals surface area contributed by atoms with Crippen molar-refractivity contribution in [3.05, 3.63) is 48.0 Å². The number of carbonyl (C=O) groups excluding carboxylic acids is 1. The van der Waals surface area contributed by atoms with Gasteiger partial charge in [0.25, 0.3) is 0 Å². The largest absolute Gasteiger partial charge is 0.497 e. The Kier molecular flexibility index (Phi) is 6.32. The maximum atomic E-state index is 12.3. The molecular weight excluding hydrogens is 330 g/mol. The Morgan fingerprint density at radius 2 is 1.46 bits per heavy atom. The summed E-state index contributed by atoms with van der Waals surface area (Å²) in [6, 6.07) is 12.8. The van der Waals surface area contributed by atoms with E-state index in [9.17, 15) is 4.79 Å². The first kappa shape index (κ1) is 17.9. The van der Waals surface area contributed by atoms with Crippen LogP contribution in [0.5, 0.6) is 17.2 Å². The number of alkyl halides is 1. The molecule has 2 rings (SSSR count). The van der Waals surface area contributed by atoms with Crippen LogP contribution in [0.15, 0.2) is 42.5 Å². The molecule has 0 spiro atoms. The second-order valence-corrected chi connectivity index (χ2v) is 5.30. The molecule has 5 nitrogen and oxygen atoms in total. The Morgan fingerprint density at radius 1 is 0.917 bits per heavy atom. The van der Waals surface area contributed by atoms with Gasteiger partial charge in [-0.25, -0.2) is 0 Å². The fourth-order valence-corrected chi connectivity index (χ4v) is 2.40. The summed E-state index contributed by atoms with van der Waals surface area (Å²) in [5.74, 6) is 1.65. The van der Waals surface area contributed by atoms with Crippen LogP contribution in [-0.4, -0.2) is 33.1 Å². The summed E-state index contributed by atoms with van der Waals surface area (Å²) in [5, 5.41) is 0. The van der Waals surface area contributed by atoms with Gasteiger partial charge in [-0.05, 0) is 17.7 Å². The maximum Gasteiger partial charge on any atom is 0.242 e. The van der Waals surface area contributed by atoms with Crippen molar-refractivity contribution < 1.29 is 19.0 Å². The number of halogens is 1. The van der Waals surface area contributed by atoms with Gasteiger partial charge >= 0.3 is 0 Å². The van der Waals surface area contributed by atoms with E-state index in [1.165, 1.54) is 0 Å². The number of hydrogen-bond acceptors (Lipinski definition) is 4. The lowest BCUT2D eigenvalue weighted by Gasteiger charge is -2.23. The van der Waals surface area contributed by atoms with Crippen LogP contribution >= 0.6 is 11.6 Å². The minimum Gasteiger partial charge on any atom is -0.497 e. The predicted molar refractivity (Wildman–Crippen MR) is 94.5 cm³/mol. The smallest absolute Gasteiger partial charge is 0.242 e. The molecule has 6 heteroatoms. The predicted octanol–water partition coefficient (Wildman–Crippen LogP) is 3.48. The lowest BCUT2D eigenvalue weighted by molar-refractivity contribution is -0.116. The molecule has 1 amide bonds. The number of amides is 1. The van der Waals surface area contributed by atoms with Crippen LogP contribution in [0.3, 0.4) is 0 Å². The number of methoxy groups -OCH3 is 3. The number of ether oxygens (including phenoxy) is 3. The highest BCUT2D eigenvalue weighted by atomic mass is 35.5. The number of benzene rings is 2. The summed E-state index contributed by atoms with van der Waals surface area (Å²) >= 11 is 5.78. The summed E-state index contributed by atoms with van der Waals surface area (Å²) in [7, 11) is 4.74. The van der Waals surface area contributed by atoms with Crippen LogP contribution in [0.25, 0.3) is 0 Å². The molecule has 0 heterocycles. The SMILES string of the molecule is COc1ccc(CN(C(=O)CCl)c2cc(OC)cc(OC)c2)cc1. The van der Waals surface area contributed by atoms with E-state index in [1.54, 1.807) is 44.4 Å². The van der Waals surface area contributed by atoms with Crippen molar-refractivity contribution in [3.8, 4) is 17.2 Å². The fourth-order valence-electron chi connectivity index (χ4n) is 2.26. The van der Waals surface area contributed by atoms with Crippen LogP contribution in [0.4, 0.5) is 5.69 Å². The first-order chi connectivity index (χ1) is 11.6. The Bertz CT molecular complexity index is 666. The summed E-state index contributed by atoms with van der Waals surface area (Å²) in [4.78, 5) is 13.9. The quantitative estimate of drug-likeness (QED) is 0.718.